The summed E-state index contributed by atoms with van der Waals surface area (Å²) in [7, 11) is 5.35. The number of likely N-dealkylation sites (N-methyl/N-ethyl adjacent to an activating group) is 1. The van der Waals surface area contributed by atoms with E-state index < -0.39 is 0 Å². The van der Waals surface area contributed by atoms with Crippen molar-refractivity contribution in [2.24, 2.45) is 29.4 Å². The molecule has 1 saturated carbocycles. The summed E-state index contributed by atoms with van der Waals surface area (Å²) < 4.78 is 5.66. The minimum atomic E-state index is 0.349. The third-order valence-corrected chi connectivity index (χ3v) is 9.14. The second-order valence-corrected chi connectivity index (χ2v) is 11.6. The molecule has 3 aliphatic rings. The normalized spacial score (nSPS) is 23.1. The minimum Gasteiger partial charge on any atom is -0.496 e. The number of aromatic amines is 1. The number of H-pyrrole nitrogens is 1. The van der Waals surface area contributed by atoms with E-state index in [1.807, 2.05) is 6.92 Å². The Morgan fingerprint density at radius 1 is 1.17 bits per heavy atom. The number of piperazine rings is 1. The molecule has 9 heteroatoms. The lowest BCUT2D eigenvalue weighted by Crippen LogP contribution is -2.44. The first-order valence-electron chi connectivity index (χ1n) is 14.8. The molecule has 41 heavy (non-hydrogen) atoms. The number of aromatic nitrogens is 3. The van der Waals surface area contributed by atoms with Crippen LogP contribution in [0.1, 0.15) is 38.2 Å². The van der Waals surface area contributed by atoms with Gasteiger partial charge in [0.05, 0.1) is 23.2 Å². The first-order chi connectivity index (χ1) is 19.9. The number of nitrogens with zero attached hydrogens (tertiary/aromatic N) is 4. The summed E-state index contributed by atoms with van der Waals surface area (Å²) in [5, 5.41) is 0.630. The first kappa shape index (κ1) is 31.0. The zero-order valence-electron chi connectivity index (χ0n) is 25.1. The molecule has 3 N–H and O–H groups in total. The largest absolute Gasteiger partial charge is 0.496 e. The van der Waals surface area contributed by atoms with Gasteiger partial charge in [-0.2, -0.15) is 0 Å². The number of methoxy groups -OCH3 is 1. The van der Waals surface area contributed by atoms with Gasteiger partial charge in [0.1, 0.15) is 17.9 Å². The third-order valence-electron chi connectivity index (χ3n) is 8.76. The monoisotopic (exact) mass is 580 g/mol. The molecule has 0 amide bonds. The number of carbonyl (C=O) groups excluding carboxylic acids is 1. The molecule has 1 saturated heterocycles. The van der Waals surface area contributed by atoms with Crippen LogP contribution in [0.2, 0.25) is 5.02 Å². The predicted octanol–water partition coefficient (Wildman–Crippen LogP) is 5.74. The van der Waals surface area contributed by atoms with Crippen LogP contribution in [0.25, 0.3) is 22.6 Å². The summed E-state index contributed by atoms with van der Waals surface area (Å²) in [6, 6.07) is 6.27. The van der Waals surface area contributed by atoms with Crippen molar-refractivity contribution < 1.29 is 9.53 Å². The Morgan fingerprint density at radius 3 is 2.59 bits per heavy atom. The molecule has 4 unspecified atom stereocenters. The number of fused-ring (bicyclic) bond motifs is 3. The molecule has 2 aliphatic carbocycles. The number of benzene rings is 1. The second kappa shape index (κ2) is 14.3. The van der Waals surface area contributed by atoms with Crippen molar-refractivity contribution in [3.05, 3.63) is 47.1 Å². The Bertz CT molecular complexity index is 1330. The maximum absolute atomic E-state index is 10.9. The van der Waals surface area contributed by atoms with Gasteiger partial charge in [-0.25, -0.2) is 9.97 Å². The van der Waals surface area contributed by atoms with Gasteiger partial charge in [0.2, 0.25) is 0 Å². The summed E-state index contributed by atoms with van der Waals surface area (Å²) in [5.74, 6) is 3.87. The van der Waals surface area contributed by atoms with Gasteiger partial charge in [-0.15, -0.1) is 0 Å². The van der Waals surface area contributed by atoms with E-state index in [-0.39, 0.29) is 0 Å². The van der Waals surface area contributed by atoms with E-state index in [0.29, 0.717) is 28.4 Å². The predicted molar refractivity (Wildman–Crippen MR) is 169 cm³/mol. The fourth-order valence-corrected chi connectivity index (χ4v) is 6.47. The topological polar surface area (TPSA) is 100 Å². The molecule has 1 aromatic carbocycles. The maximum atomic E-state index is 10.9. The lowest BCUT2D eigenvalue weighted by molar-refractivity contribution is -0.113. The van der Waals surface area contributed by atoms with Crippen LogP contribution in [0.4, 0.5) is 5.69 Å². The van der Waals surface area contributed by atoms with E-state index in [9.17, 15) is 4.79 Å². The molecule has 2 bridgehead atoms. The molecule has 1 aliphatic heterocycles. The molecule has 4 atom stereocenters. The third kappa shape index (κ3) is 6.76. The molecule has 3 heterocycles. The van der Waals surface area contributed by atoms with E-state index in [1.165, 1.54) is 44.7 Å². The fraction of sp³-hybridized carbons (Fsp3) is 0.531. The fourth-order valence-electron chi connectivity index (χ4n) is 6.33. The van der Waals surface area contributed by atoms with Gasteiger partial charge >= 0.3 is 0 Å². The number of nitrogens with two attached hydrogens (primary N) is 1. The minimum absolute atomic E-state index is 0.349. The SMILES string of the molecule is CCCCC1C2C=CC(C2)C1C=O.CN.COc1cc(N2CCN(C)CC2)ccc1-c1nc2ncc(Cl)c(C)c2[nH]1. The van der Waals surface area contributed by atoms with Crippen LogP contribution in [0.15, 0.2) is 36.5 Å². The standard InChI is InChI=1S/C19H22ClN5O.C12H18O.CH5N/c1-12-15(20)11-21-19-17(12)22-18(23-19)14-5-4-13(10-16(14)26-3)25-8-6-24(2)7-9-25;1-2-3-4-11-9-5-6-10(7-9)12(11)8-13;1-2/h4-5,10-11H,6-9H2,1-3H3,(H,21,22,23);5-6,8-12H,2-4,7H2,1H3;2H2,1H3. The highest BCUT2D eigenvalue weighted by molar-refractivity contribution is 6.31. The Morgan fingerprint density at radius 2 is 1.90 bits per heavy atom. The van der Waals surface area contributed by atoms with Gasteiger partial charge in [-0.3, -0.25) is 0 Å². The molecule has 3 aromatic rings. The van der Waals surface area contributed by atoms with E-state index in [0.717, 1.165) is 60.3 Å². The first-order valence-corrected chi connectivity index (χ1v) is 15.1. The summed E-state index contributed by atoms with van der Waals surface area (Å²) >= 11 is 6.17. The van der Waals surface area contributed by atoms with Crippen molar-refractivity contribution >= 4 is 34.7 Å². The van der Waals surface area contributed by atoms with Gasteiger partial charge in [0, 0.05) is 50.0 Å². The smallest absolute Gasteiger partial charge is 0.178 e. The number of anilines is 1. The van der Waals surface area contributed by atoms with E-state index in [1.54, 1.807) is 13.3 Å². The van der Waals surface area contributed by atoms with Gasteiger partial charge in [-0.1, -0.05) is 43.5 Å². The number of nitrogens with one attached hydrogen (secondary N) is 1. The summed E-state index contributed by atoms with van der Waals surface area (Å²) in [4.78, 5) is 27.9. The zero-order chi connectivity index (χ0) is 29.5. The van der Waals surface area contributed by atoms with Crippen molar-refractivity contribution in [1.82, 2.24) is 19.9 Å². The Balaban J connectivity index is 0.000000216. The number of aldehydes is 1. The van der Waals surface area contributed by atoms with Crippen LogP contribution in [0.5, 0.6) is 5.75 Å². The summed E-state index contributed by atoms with van der Waals surface area (Å²) in [6.07, 6.45) is 12.5. The quantitative estimate of drug-likeness (QED) is 0.272. The maximum Gasteiger partial charge on any atom is 0.178 e. The average molecular weight is 581 g/mol. The molecular formula is C32H45ClN6O2. The van der Waals surface area contributed by atoms with Crippen LogP contribution < -0.4 is 15.4 Å². The van der Waals surface area contributed by atoms with E-state index in [2.05, 4.69) is 74.8 Å². The van der Waals surface area contributed by atoms with Crippen LogP contribution in [-0.2, 0) is 4.79 Å². The number of aryl methyl sites for hydroxylation is 1. The highest BCUT2D eigenvalue weighted by Gasteiger charge is 2.43. The van der Waals surface area contributed by atoms with Gasteiger partial charge in [0.15, 0.2) is 5.65 Å². The summed E-state index contributed by atoms with van der Waals surface area (Å²) in [5.41, 5.74) is 9.05. The lowest BCUT2D eigenvalue weighted by atomic mass is 9.81. The van der Waals surface area contributed by atoms with Gasteiger partial charge in [-0.05, 0) is 69.3 Å². The van der Waals surface area contributed by atoms with Crippen LogP contribution in [-0.4, -0.2) is 73.5 Å². The molecule has 2 fully saturated rings. The van der Waals surface area contributed by atoms with Crippen LogP contribution >= 0.6 is 11.6 Å². The number of rotatable bonds is 7. The Hall–Kier alpha value is -2.94. The molecule has 0 spiro atoms. The molecule has 2 aromatic heterocycles. The molecule has 8 nitrogen and oxygen atoms in total. The van der Waals surface area contributed by atoms with Crippen molar-refractivity contribution in [3.63, 3.8) is 0 Å². The number of hydrogen-bond acceptors (Lipinski definition) is 7. The molecular weight excluding hydrogens is 536 g/mol. The zero-order valence-corrected chi connectivity index (χ0v) is 25.8. The number of pyridine rings is 1. The highest BCUT2D eigenvalue weighted by atomic mass is 35.5. The number of allylic oxidation sites excluding steroid dienone is 2. The van der Waals surface area contributed by atoms with E-state index in [4.69, 9.17) is 16.3 Å². The number of halogens is 1. The molecule has 6 rings (SSSR count). The molecule has 222 valence electrons. The summed E-state index contributed by atoms with van der Waals surface area (Å²) in [6.45, 7) is 8.36. The van der Waals surface area contributed by atoms with Crippen molar-refractivity contribution in [2.75, 3.05) is 52.3 Å². The average Bonchev–Trinajstić information content (AvgIpc) is 3.75. The van der Waals surface area contributed by atoms with Crippen molar-refractivity contribution in [2.45, 2.75) is 39.5 Å². The number of imidazole rings is 1. The number of unbranched alkanes of at least 4 members (excludes halogenated alkanes) is 1. The Kier molecular flexibility index (Phi) is 10.8. The Labute approximate surface area is 249 Å². The van der Waals surface area contributed by atoms with Crippen LogP contribution in [0.3, 0.4) is 0 Å². The number of ether oxygens (including phenoxy) is 1. The van der Waals surface area contributed by atoms with Crippen LogP contribution in [0, 0.1) is 30.6 Å². The lowest BCUT2D eigenvalue weighted by Gasteiger charge is -2.34. The highest BCUT2D eigenvalue weighted by Crippen LogP contribution is 2.49. The molecule has 0 radical (unpaired) electrons. The van der Waals surface area contributed by atoms with E-state index >= 15 is 0 Å². The second-order valence-electron chi connectivity index (χ2n) is 11.2. The van der Waals surface area contributed by atoms with Gasteiger partial charge < -0.3 is 30.0 Å². The van der Waals surface area contributed by atoms with Crippen molar-refractivity contribution in [1.29, 1.82) is 0 Å². The van der Waals surface area contributed by atoms with Crippen molar-refractivity contribution in [3.8, 4) is 17.1 Å². The number of hydrogen-bond donors (Lipinski definition) is 2. The van der Waals surface area contributed by atoms with Gasteiger partial charge in [0.25, 0.3) is 0 Å². The number of carbonyl (C=O) groups is 1.